The normalized spacial score (nSPS) is 22.2. The molecule has 1 fully saturated rings. The van der Waals surface area contributed by atoms with Crippen molar-refractivity contribution in [2.24, 2.45) is 0 Å². The molecular weight excluding hydrogens is 318 g/mol. The van der Waals surface area contributed by atoms with Gasteiger partial charge in [-0.1, -0.05) is 22.4 Å². The van der Waals surface area contributed by atoms with E-state index in [1.807, 2.05) is 0 Å². The molecule has 1 N–H and O–H groups in total. The van der Waals surface area contributed by atoms with Crippen molar-refractivity contribution < 1.29 is 8.42 Å². The molecule has 18 heavy (non-hydrogen) atoms. The van der Waals surface area contributed by atoms with E-state index in [9.17, 15) is 8.42 Å². The van der Waals surface area contributed by atoms with Crippen molar-refractivity contribution in [3.8, 4) is 0 Å². The van der Waals surface area contributed by atoms with Gasteiger partial charge in [-0.3, -0.25) is 5.10 Å². The summed E-state index contributed by atoms with van der Waals surface area (Å²) in [5.41, 5.74) is 0.609. The minimum atomic E-state index is -3.40. The molecule has 1 aliphatic rings. The highest BCUT2D eigenvalue weighted by molar-refractivity contribution is 9.09. The number of nitrogens with zero attached hydrogens (tertiary/aromatic N) is 2. The zero-order valence-electron chi connectivity index (χ0n) is 10.4. The second-order valence-electron chi connectivity index (χ2n) is 4.60. The predicted molar refractivity (Wildman–Crippen MR) is 73.3 cm³/mol. The molecule has 2 rings (SSSR count). The van der Waals surface area contributed by atoms with Crippen LogP contribution in [-0.4, -0.2) is 40.8 Å². The van der Waals surface area contributed by atoms with Gasteiger partial charge in [0.05, 0.1) is 11.9 Å². The number of H-pyrrole nitrogens is 1. The van der Waals surface area contributed by atoms with Gasteiger partial charge in [0.25, 0.3) is 0 Å². The number of nitrogens with one attached hydrogen (secondary N) is 1. The number of hydrogen-bond acceptors (Lipinski definition) is 3. The summed E-state index contributed by atoms with van der Waals surface area (Å²) in [5.74, 6) is 0. The Morgan fingerprint density at radius 1 is 1.56 bits per heavy atom. The Hall–Kier alpha value is -0.400. The van der Waals surface area contributed by atoms with Crippen LogP contribution in [0.3, 0.4) is 0 Å². The number of rotatable bonds is 4. The summed E-state index contributed by atoms with van der Waals surface area (Å²) >= 11 is 3.40. The summed E-state index contributed by atoms with van der Waals surface area (Å²) in [6.07, 6.45) is 5.26. The molecule has 0 radical (unpaired) electrons. The van der Waals surface area contributed by atoms with E-state index in [1.54, 1.807) is 11.2 Å². The smallest absolute Gasteiger partial charge is 0.246 e. The van der Waals surface area contributed by atoms with E-state index in [1.165, 1.54) is 6.20 Å². The average molecular weight is 336 g/mol. The Labute approximate surface area is 116 Å². The monoisotopic (exact) mass is 335 g/mol. The highest BCUT2D eigenvalue weighted by Crippen LogP contribution is 2.28. The highest BCUT2D eigenvalue weighted by atomic mass is 79.9. The summed E-state index contributed by atoms with van der Waals surface area (Å²) < 4.78 is 26.9. The van der Waals surface area contributed by atoms with Crippen LogP contribution in [0.15, 0.2) is 11.1 Å². The molecule has 1 aliphatic heterocycles. The number of hydrogen-bond donors (Lipinski definition) is 1. The third kappa shape index (κ3) is 2.62. The van der Waals surface area contributed by atoms with Gasteiger partial charge in [-0.15, -0.1) is 0 Å². The molecule has 1 aromatic rings. The summed E-state index contributed by atoms with van der Waals surface area (Å²) in [6.45, 7) is 2.36. The van der Waals surface area contributed by atoms with Crippen LogP contribution in [0, 0.1) is 6.92 Å². The summed E-state index contributed by atoms with van der Waals surface area (Å²) in [5, 5.41) is 7.34. The van der Waals surface area contributed by atoms with Crippen molar-refractivity contribution in [3.63, 3.8) is 0 Å². The van der Waals surface area contributed by atoms with E-state index in [-0.39, 0.29) is 6.04 Å². The Kier molecular flexibility index (Phi) is 4.45. The molecule has 0 aliphatic carbocycles. The fourth-order valence-corrected chi connectivity index (χ4v) is 4.80. The maximum atomic E-state index is 12.6. The molecule has 1 aromatic heterocycles. The average Bonchev–Trinajstić information content (AvgIpc) is 2.77. The van der Waals surface area contributed by atoms with Gasteiger partial charge < -0.3 is 0 Å². The molecule has 7 heteroatoms. The van der Waals surface area contributed by atoms with Gasteiger partial charge in [0, 0.05) is 17.9 Å². The molecule has 0 spiro atoms. The Morgan fingerprint density at radius 3 is 2.94 bits per heavy atom. The number of halogens is 1. The number of aromatic amines is 1. The first-order chi connectivity index (χ1) is 8.57. The van der Waals surface area contributed by atoms with Gasteiger partial charge in [-0.2, -0.15) is 9.40 Å². The molecule has 0 bridgehead atoms. The first-order valence-electron chi connectivity index (χ1n) is 6.15. The minimum absolute atomic E-state index is 0.109. The lowest BCUT2D eigenvalue weighted by Gasteiger charge is -2.34. The van der Waals surface area contributed by atoms with E-state index in [4.69, 9.17) is 0 Å². The summed E-state index contributed by atoms with van der Waals surface area (Å²) in [6, 6.07) is 0.109. The highest BCUT2D eigenvalue weighted by Gasteiger charge is 2.34. The summed E-state index contributed by atoms with van der Waals surface area (Å²) in [4.78, 5) is 0.309. The van der Waals surface area contributed by atoms with Gasteiger partial charge in [0.2, 0.25) is 10.0 Å². The van der Waals surface area contributed by atoms with Gasteiger partial charge in [-0.05, 0) is 26.2 Å². The molecule has 1 unspecified atom stereocenters. The molecule has 2 heterocycles. The van der Waals surface area contributed by atoms with Crippen LogP contribution in [0.1, 0.15) is 31.4 Å². The van der Waals surface area contributed by atoms with Crippen LogP contribution in [0.5, 0.6) is 0 Å². The lowest BCUT2D eigenvalue weighted by atomic mass is 10.0. The minimum Gasteiger partial charge on any atom is -0.281 e. The Balaban J connectivity index is 2.30. The van der Waals surface area contributed by atoms with Crippen LogP contribution in [0.4, 0.5) is 0 Å². The maximum absolute atomic E-state index is 12.6. The first-order valence-corrected chi connectivity index (χ1v) is 8.71. The summed E-state index contributed by atoms with van der Waals surface area (Å²) in [7, 11) is -3.40. The van der Waals surface area contributed by atoms with Crippen molar-refractivity contribution >= 4 is 26.0 Å². The molecule has 102 valence electrons. The van der Waals surface area contributed by atoms with E-state index >= 15 is 0 Å². The van der Waals surface area contributed by atoms with Crippen LogP contribution >= 0.6 is 15.9 Å². The Morgan fingerprint density at radius 2 is 2.33 bits per heavy atom. The van der Waals surface area contributed by atoms with E-state index < -0.39 is 10.0 Å². The van der Waals surface area contributed by atoms with Crippen molar-refractivity contribution in [3.05, 3.63) is 11.9 Å². The van der Waals surface area contributed by atoms with Gasteiger partial charge in [0.15, 0.2) is 0 Å². The third-order valence-electron chi connectivity index (χ3n) is 3.39. The fourth-order valence-electron chi connectivity index (χ4n) is 2.43. The van der Waals surface area contributed by atoms with E-state index in [2.05, 4.69) is 26.1 Å². The maximum Gasteiger partial charge on any atom is 0.246 e. The number of alkyl halides is 1. The molecule has 1 saturated heterocycles. The standard InChI is InChI=1S/C11H18BrN3O2S/c1-9-11(8-13-14-9)18(16,17)15-7-3-2-4-10(15)5-6-12/h8,10H,2-7H2,1H3,(H,13,14). The lowest BCUT2D eigenvalue weighted by Crippen LogP contribution is -2.43. The zero-order valence-corrected chi connectivity index (χ0v) is 12.8. The number of sulfonamides is 1. The van der Waals surface area contributed by atoms with Crippen LogP contribution < -0.4 is 0 Å². The number of piperidine rings is 1. The van der Waals surface area contributed by atoms with Gasteiger partial charge in [-0.25, -0.2) is 8.42 Å². The third-order valence-corrected chi connectivity index (χ3v) is 5.91. The van der Waals surface area contributed by atoms with Crippen molar-refractivity contribution in [1.29, 1.82) is 0 Å². The Bertz CT molecular complexity index is 498. The van der Waals surface area contributed by atoms with Gasteiger partial charge in [0.1, 0.15) is 4.90 Å². The largest absolute Gasteiger partial charge is 0.281 e. The van der Waals surface area contributed by atoms with Crippen LogP contribution in [0.2, 0.25) is 0 Å². The lowest BCUT2D eigenvalue weighted by molar-refractivity contribution is 0.248. The molecule has 0 saturated carbocycles. The second kappa shape index (κ2) is 5.71. The number of aromatic nitrogens is 2. The fraction of sp³-hybridized carbons (Fsp3) is 0.727. The van der Waals surface area contributed by atoms with Crippen molar-refractivity contribution in [2.45, 2.75) is 43.5 Å². The van der Waals surface area contributed by atoms with Gasteiger partial charge >= 0.3 is 0 Å². The first kappa shape index (κ1) is 14.0. The van der Waals surface area contributed by atoms with Crippen molar-refractivity contribution in [2.75, 3.05) is 11.9 Å². The quantitative estimate of drug-likeness (QED) is 0.856. The zero-order chi connectivity index (χ0) is 13.2. The predicted octanol–water partition coefficient (Wildman–Crippen LogP) is 2.05. The molecule has 0 aromatic carbocycles. The van der Waals surface area contributed by atoms with E-state index in [0.29, 0.717) is 17.1 Å². The molecule has 5 nitrogen and oxygen atoms in total. The van der Waals surface area contributed by atoms with Crippen LogP contribution in [-0.2, 0) is 10.0 Å². The van der Waals surface area contributed by atoms with Crippen LogP contribution in [0.25, 0.3) is 0 Å². The SMILES string of the molecule is Cc1[nH]ncc1S(=O)(=O)N1CCCCC1CCBr. The second-order valence-corrected chi connectivity index (χ2v) is 7.25. The van der Waals surface area contributed by atoms with Crippen molar-refractivity contribution in [1.82, 2.24) is 14.5 Å². The molecule has 0 amide bonds. The number of aryl methyl sites for hydroxylation is 1. The van der Waals surface area contributed by atoms with E-state index in [0.717, 1.165) is 31.0 Å². The topological polar surface area (TPSA) is 66.1 Å². The molecule has 1 atom stereocenters. The molecular formula is C11H18BrN3O2S.